The van der Waals surface area contributed by atoms with Crippen LogP contribution in [-0.4, -0.2) is 16.5 Å². The number of aromatic amines is 1. The van der Waals surface area contributed by atoms with Gasteiger partial charge in [-0.25, -0.2) is 4.98 Å². The van der Waals surface area contributed by atoms with Crippen molar-refractivity contribution < 1.29 is 0 Å². The largest absolute Gasteiger partial charge is 0.385 e. The van der Waals surface area contributed by atoms with Gasteiger partial charge in [-0.1, -0.05) is 12.1 Å². The number of rotatable bonds is 1. The molecule has 3 nitrogen and oxygen atoms in total. The van der Waals surface area contributed by atoms with Gasteiger partial charge in [-0.05, 0) is 55.2 Å². The number of anilines is 1. The Labute approximate surface area is 118 Å². The summed E-state index contributed by atoms with van der Waals surface area (Å²) in [6.07, 6.45) is 2.35. The van der Waals surface area contributed by atoms with Gasteiger partial charge in [-0.15, -0.1) is 0 Å². The minimum atomic E-state index is 0.961. The maximum atomic E-state index is 4.76. The minimum Gasteiger partial charge on any atom is -0.385 e. The lowest BCUT2D eigenvalue weighted by atomic mass is 10.0. The first-order valence-electron chi connectivity index (χ1n) is 7.14. The minimum absolute atomic E-state index is 0.961. The molecule has 100 valence electrons. The van der Waals surface area contributed by atoms with Crippen molar-refractivity contribution in [1.29, 1.82) is 0 Å². The molecule has 20 heavy (non-hydrogen) atoms. The lowest BCUT2D eigenvalue weighted by Crippen LogP contribution is -2.11. The molecule has 0 fully saturated rings. The number of imidazole rings is 1. The van der Waals surface area contributed by atoms with Crippen LogP contribution in [-0.2, 0) is 6.42 Å². The summed E-state index contributed by atoms with van der Waals surface area (Å²) >= 11 is 0. The highest BCUT2D eigenvalue weighted by atomic mass is 14.9. The zero-order valence-electron chi connectivity index (χ0n) is 11.5. The molecule has 1 aliphatic rings. The fraction of sp³-hybridized carbons (Fsp3) is 0.235. The Kier molecular flexibility index (Phi) is 2.52. The Hall–Kier alpha value is -2.29. The van der Waals surface area contributed by atoms with Crippen molar-refractivity contribution in [3.05, 3.63) is 47.5 Å². The SMILES string of the molecule is Cc1cccc2[nH]c(-c3ccc4c(c3)CCCN4)nc12. The molecule has 0 aliphatic carbocycles. The van der Waals surface area contributed by atoms with E-state index >= 15 is 0 Å². The van der Waals surface area contributed by atoms with E-state index in [9.17, 15) is 0 Å². The number of fused-ring (bicyclic) bond motifs is 2. The molecule has 0 unspecified atom stereocenters. The number of aryl methyl sites for hydroxylation is 2. The van der Waals surface area contributed by atoms with Gasteiger partial charge in [0, 0.05) is 17.8 Å². The Morgan fingerprint density at radius 3 is 3.00 bits per heavy atom. The second-order valence-electron chi connectivity index (χ2n) is 5.46. The average Bonchev–Trinajstić information content (AvgIpc) is 2.92. The van der Waals surface area contributed by atoms with Crippen LogP contribution in [0.25, 0.3) is 22.4 Å². The van der Waals surface area contributed by atoms with E-state index in [2.05, 4.69) is 53.6 Å². The molecule has 2 aromatic carbocycles. The highest BCUT2D eigenvalue weighted by Gasteiger charge is 2.12. The molecule has 2 heterocycles. The molecular weight excluding hydrogens is 246 g/mol. The summed E-state index contributed by atoms with van der Waals surface area (Å²) < 4.78 is 0. The van der Waals surface area contributed by atoms with Crippen molar-refractivity contribution in [3.63, 3.8) is 0 Å². The molecule has 0 saturated carbocycles. The molecule has 1 aliphatic heterocycles. The Bertz CT molecular complexity index is 786. The number of para-hydroxylation sites is 1. The Morgan fingerprint density at radius 2 is 2.10 bits per heavy atom. The van der Waals surface area contributed by atoms with Crippen molar-refractivity contribution in [1.82, 2.24) is 9.97 Å². The molecule has 0 radical (unpaired) electrons. The van der Waals surface area contributed by atoms with Gasteiger partial charge in [-0.3, -0.25) is 0 Å². The number of nitrogens with one attached hydrogen (secondary N) is 2. The molecule has 1 aromatic heterocycles. The van der Waals surface area contributed by atoms with E-state index in [0.29, 0.717) is 0 Å². The van der Waals surface area contributed by atoms with Crippen molar-refractivity contribution in [3.8, 4) is 11.4 Å². The van der Waals surface area contributed by atoms with Gasteiger partial charge in [0.2, 0.25) is 0 Å². The predicted octanol–water partition coefficient (Wildman–Crippen LogP) is 3.90. The number of benzene rings is 2. The summed E-state index contributed by atoms with van der Waals surface area (Å²) in [5, 5.41) is 3.45. The monoisotopic (exact) mass is 263 g/mol. The Morgan fingerprint density at radius 1 is 1.15 bits per heavy atom. The quantitative estimate of drug-likeness (QED) is 0.699. The molecule has 0 amide bonds. The first kappa shape index (κ1) is 11.5. The summed E-state index contributed by atoms with van der Waals surface area (Å²) in [4.78, 5) is 8.18. The average molecular weight is 263 g/mol. The maximum absolute atomic E-state index is 4.76. The van der Waals surface area contributed by atoms with Crippen LogP contribution < -0.4 is 5.32 Å². The molecule has 3 aromatic rings. The molecule has 3 heteroatoms. The van der Waals surface area contributed by atoms with Gasteiger partial charge in [0.15, 0.2) is 0 Å². The van der Waals surface area contributed by atoms with E-state index in [1.807, 2.05) is 0 Å². The van der Waals surface area contributed by atoms with Crippen LogP contribution in [0.4, 0.5) is 5.69 Å². The van der Waals surface area contributed by atoms with E-state index < -0.39 is 0 Å². The predicted molar refractivity (Wildman–Crippen MR) is 83.1 cm³/mol. The third-order valence-electron chi connectivity index (χ3n) is 4.03. The van der Waals surface area contributed by atoms with Gasteiger partial charge in [0.1, 0.15) is 5.82 Å². The maximum Gasteiger partial charge on any atom is 0.138 e. The molecule has 0 atom stereocenters. The fourth-order valence-corrected chi connectivity index (χ4v) is 2.93. The van der Waals surface area contributed by atoms with E-state index in [1.54, 1.807) is 0 Å². The molecule has 0 spiro atoms. The zero-order valence-corrected chi connectivity index (χ0v) is 11.5. The first-order chi connectivity index (χ1) is 9.81. The summed E-state index contributed by atoms with van der Waals surface area (Å²) in [5.41, 5.74) is 7.22. The van der Waals surface area contributed by atoms with Gasteiger partial charge < -0.3 is 10.3 Å². The summed E-state index contributed by atoms with van der Waals surface area (Å²) in [6, 6.07) is 12.8. The highest BCUT2D eigenvalue weighted by molar-refractivity contribution is 5.82. The normalized spacial score (nSPS) is 14.1. The first-order valence-corrected chi connectivity index (χ1v) is 7.14. The molecule has 4 rings (SSSR count). The van der Waals surface area contributed by atoms with E-state index in [1.165, 1.54) is 28.8 Å². The Balaban J connectivity index is 1.84. The van der Waals surface area contributed by atoms with Crippen LogP contribution in [0.5, 0.6) is 0 Å². The van der Waals surface area contributed by atoms with Gasteiger partial charge in [0.25, 0.3) is 0 Å². The number of aromatic nitrogens is 2. The van der Waals surface area contributed by atoms with Crippen LogP contribution in [0.3, 0.4) is 0 Å². The van der Waals surface area contributed by atoms with E-state index in [-0.39, 0.29) is 0 Å². The van der Waals surface area contributed by atoms with Crippen molar-refractivity contribution >= 4 is 16.7 Å². The van der Waals surface area contributed by atoms with E-state index in [4.69, 9.17) is 4.98 Å². The van der Waals surface area contributed by atoms with Crippen LogP contribution in [0.2, 0.25) is 0 Å². The second-order valence-corrected chi connectivity index (χ2v) is 5.46. The lowest BCUT2D eigenvalue weighted by molar-refractivity contribution is 0.830. The number of hydrogen-bond donors (Lipinski definition) is 2. The van der Waals surface area contributed by atoms with E-state index in [0.717, 1.165) is 29.8 Å². The fourth-order valence-electron chi connectivity index (χ4n) is 2.93. The smallest absolute Gasteiger partial charge is 0.138 e. The van der Waals surface area contributed by atoms with Gasteiger partial charge >= 0.3 is 0 Å². The number of hydrogen-bond acceptors (Lipinski definition) is 2. The molecule has 0 saturated heterocycles. The van der Waals surface area contributed by atoms with Crippen molar-refractivity contribution in [2.24, 2.45) is 0 Å². The number of H-pyrrole nitrogens is 1. The molecule has 0 bridgehead atoms. The lowest BCUT2D eigenvalue weighted by Gasteiger charge is -2.18. The van der Waals surface area contributed by atoms with Crippen LogP contribution in [0.1, 0.15) is 17.5 Å². The second kappa shape index (κ2) is 4.37. The molecule has 2 N–H and O–H groups in total. The summed E-state index contributed by atoms with van der Waals surface area (Å²) in [5.74, 6) is 0.961. The zero-order chi connectivity index (χ0) is 13.5. The van der Waals surface area contributed by atoms with Crippen LogP contribution in [0.15, 0.2) is 36.4 Å². The van der Waals surface area contributed by atoms with Gasteiger partial charge in [0.05, 0.1) is 11.0 Å². The molecular formula is C17H17N3. The van der Waals surface area contributed by atoms with Crippen molar-refractivity contribution in [2.45, 2.75) is 19.8 Å². The summed E-state index contributed by atoms with van der Waals surface area (Å²) in [7, 11) is 0. The number of nitrogens with zero attached hydrogens (tertiary/aromatic N) is 1. The third-order valence-corrected chi connectivity index (χ3v) is 4.03. The third kappa shape index (κ3) is 1.78. The summed E-state index contributed by atoms with van der Waals surface area (Å²) in [6.45, 7) is 3.18. The van der Waals surface area contributed by atoms with Gasteiger partial charge in [-0.2, -0.15) is 0 Å². The topological polar surface area (TPSA) is 40.7 Å². The van der Waals surface area contributed by atoms with Crippen LogP contribution >= 0.6 is 0 Å². The highest BCUT2D eigenvalue weighted by Crippen LogP contribution is 2.28. The van der Waals surface area contributed by atoms with Crippen molar-refractivity contribution in [2.75, 3.05) is 11.9 Å². The van der Waals surface area contributed by atoms with Crippen LogP contribution in [0, 0.1) is 6.92 Å². The standard InChI is InChI=1S/C17H17N3/c1-11-4-2-6-15-16(11)20-17(19-15)13-7-8-14-12(10-13)5-3-9-18-14/h2,4,6-8,10,18H,3,5,9H2,1H3,(H,19,20).